The molecule has 0 aromatic heterocycles. The number of carbonyl (C=O) groups excluding carboxylic acids is 4. The second-order valence-corrected chi connectivity index (χ2v) is 10.9. The standard InChI is InChI=1S/C34H48N6O6/c1-4-22-46-27-19-17-26(18-20-27)23-30(38-24(2)41)32(43)39-28(15-10-11-21-37-34(35)36)31(42)40-29(33(44)45-3)16-9-8-14-25-12-6-5-7-13-25/h4-7,12-13,17-20,28-30H,1,8-11,14-16,21-23H2,2-3H3,(H,38,41)(H,39,43)(H,40,42)(H4,35,36,37)/t28-,29-,30-/m0/s1. The maximum Gasteiger partial charge on any atom is 0.328 e. The zero-order valence-electron chi connectivity index (χ0n) is 26.8. The zero-order chi connectivity index (χ0) is 33.7. The summed E-state index contributed by atoms with van der Waals surface area (Å²) in [5, 5.41) is 8.25. The van der Waals surface area contributed by atoms with Gasteiger partial charge in [0.1, 0.15) is 30.5 Å². The van der Waals surface area contributed by atoms with Crippen molar-refractivity contribution in [3.8, 4) is 5.75 Å². The normalized spacial score (nSPS) is 12.5. The number of aryl methyl sites for hydroxylation is 1. The summed E-state index contributed by atoms with van der Waals surface area (Å²) >= 11 is 0. The molecule has 2 aromatic carbocycles. The van der Waals surface area contributed by atoms with Crippen molar-refractivity contribution in [3.05, 3.63) is 78.4 Å². The second kappa shape index (κ2) is 21.0. The van der Waals surface area contributed by atoms with Gasteiger partial charge in [-0.15, -0.1) is 0 Å². The first kappa shape index (κ1) is 37.3. The van der Waals surface area contributed by atoms with E-state index >= 15 is 0 Å². The predicted molar refractivity (Wildman–Crippen MR) is 178 cm³/mol. The van der Waals surface area contributed by atoms with Crippen LogP contribution in [0.25, 0.3) is 0 Å². The quantitative estimate of drug-likeness (QED) is 0.0454. The highest BCUT2D eigenvalue weighted by Gasteiger charge is 2.29. The van der Waals surface area contributed by atoms with Gasteiger partial charge in [0.25, 0.3) is 0 Å². The van der Waals surface area contributed by atoms with Crippen LogP contribution in [-0.2, 0) is 36.8 Å². The molecule has 0 fully saturated rings. The van der Waals surface area contributed by atoms with Crippen molar-refractivity contribution >= 4 is 29.7 Å². The van der Waals surface area contributed by atoms with Crippen molar-refractivity contribution in [2.45, 2.75) is 76.4 Å². The van der Waals surface area contributed by atoms with Gasteiger partial charge >= 0.3 is 5.97 Å². The monoisotopic (exact) mass is 636 g/mol. The minimum atomic E-state index is -0.992. The third-order valence-electron chi connectivity index (χ3n) is 7.11. The molecule has 250 valence electrons. The summed E-state index contributed by atoms with van der Waals surface area (Å²) in [5.74, 6) is -1.42. The Morgan fingerprint density at radius 3 is 2.09 bits per heavy atom. The number of hydrogen-bond donors (Lipinski definition) is 5. The van der Waals surface area contributed by atoms with Crippen LogP contribution in [0.2, 0.25) is 0 Å². The summed E-state index contributed by atoms with van der Waals surface area (Å²) in [7, 11) is 1.27. The third kappa shape index (κ3) is 14.7. The Morgan fingerprint density at radius 1 is 0.826 bits per heavy atom. The molecule has 0 aliphatic rings. The lowest BCUT2D eigenvalue weighted by Crippen LogP contribution is -2.56. The van der Waals surface area contributed by atoms with Crippen LogP contribution in [0.4, 0.5) is 0 Å². The van der Waals surface area contributed by atoms with Crippen LogP contribution in [0.15, 0.2) is 72.2 Å². The summed E-state index contributed by atoms with van der Waals surface area (Å²) in [6, 6.07) is 14.3. The highest BCUT2D eigenvalue weighted by molar-refractivity contribution is 5.93. The van der Waals surface area contributed by atoms with Gasteiger partial charge in [-0.05, 0) is 61.8 Å². The highest BCUT2D eigenvalue weighted by Crippen LogP contribution is 2.15. The lowest BCUT2D eigenvalue weighted by Gasteiger charge is -2.25. The molecule has 2 aromatic rings. The Hall–Kier alpha value is -4.87. The molecule has 0 spiro atoms. The van der Waals surface area contributed by atoms with Gasteiger partial charge in [-0.25, -0.2) is 4.79 Å². The minimum Gasteiger partial charge on any atom is -0.490 e. The van der Waals surface area contributed by atoms with Crippen LogP contribution in [0, 0.1) is 0 Å². The predicted octanol–water partition coefficient (Wildman–Crippen LogP) is 2.30. The number of amides is 3. The third-order valence-corrected chi connectivity index (χ3v) is 7.11. The fourth-order valence-corrected chi connectivity index (χ4v) is 4.76. The first-order chi connectivity index (χ1) is 22.1. The summed E-state index contributed by atoms with van der Waals surface area (Å²) in [6.07, 6.45) is 5.84. The molecule has 0 saturated heterocycles. The molecule has 3 atom stereocenters. The summed E-state index contributed by atoms with van der Waals surface area (Å²) < 4.78 is 10.5. The van der Waals surface area contributed by atoms with Gasteiger partial charge in [0, 0.05) is 19.9 Å². The number of methoxy groups -OCH3 is 1. The van der Waals surface area contributed by atoms with Gasteiger partial charge in [-0.3, -0.25) is 19.4 Å². The van der Waals surface area contributed by atoms with Gasteiger partial charge in [0.2, 0.25) is 17.7 Å². The Bertz CT molecular complexity index is 1280. The molecule has 2 rings (SSSR count). The van der Waals surface area contributed by atoms with Crippen molar-refractivity contribution in [1.82, 2.24) is 16.0 Å². The Labute approximate surface area is 271 Å². The number of ether oxygens (including phenoxy) is 2. The number of benzene rings is 2. The van der Waals surface area contributed by atoms with E-state index < -0.39 is 41.8 Å². The molecule has 0 radical (unpaired) electrons. The molecule has 12 heteroatoms. The number of aliphatic imine (C=N–C) groups is 1. The summed E-state index contributed by atoms with van der Waals surface area (Å²) in [5.41, 5.74) is 12.8. The van der Waals surface area contributed by atoms with Crippen LogP contribution >= 0.6 is 0 Å². The van der Waals surface area contributed by atoms with Gasteiger partial charge in [0.15, 0.2) is 5.96 Å². The number of carbonyl (C=O) groups is 4. The lowest BCUT2D eigenvalue weighted by molar-refractivity contribution is -0.145. The van der Waals surface area contributed by atoms with Crippen LogP contribution in [0.1, 0.15) is 56.6 Å². The lowest BCUT2D eigenvalue weighted by atomic mass is 10.0. The first-order valence-electron chi connectivity index (χ1n) is 15.5. The van der Waals surface area contributed by atoms with E-state index in [9.17, 15) is 19.2 Å². The van der Waals surface area contributed by atoms with Crippen molar-refractivity contribution in [3.63, 3.8) is 0 Å². The molecule has 0 aliphatic carbocycles. The largest absolute Gasteiger partial charge is 0.490 e. The van der Waals surface area contributed by atoms with Crippen LogP contribution in [-0.4, -0.2) is 68.0 Å². The SMILES string of the molecule is C=CCOc1ccc(C[C@H](NC(C)=O)C(=O)N[C@@H](CCCCN=C(N)N)C(=O)N[C@@H](CCCCc2ccccc2)C(=O)OC)cc1. The molecule has 0 unspecified atom stereocenters. The number of unbranched alkanes of at least 4 members (excludes halogenated alkanes) is 2. The molecular weight excluding hydrogens is 588 g/mol. The summed E-state index contributed by atoms with van der Waals surface area (Å²) in [6.45, 7) is 5.66. The average Bonchev–Trinajstić information content (AvgIpc) is 3.04. The maximum absolute atomic E-state index is 13.6. The van der Waals surface area contributed by atoms with Crippen molar-refractivity contribution < 1.29 is 28.7 Å². The number of hydrogen-bond acceptors (Lipinski definition) is 7. The highest BCUT2D eigenvalue weighted by atomic mass is 16.5. The number of nitrogens with two attached hydrogens (primary N) is 2. The molecule has 7 N–H and O–H groups in total. The average molecular weight is 637 g/mol. The fourth-order valence-electron chi connectivity index (χ4n) is 4.76. The summed E-state index contributed by atoms with van der Waals surface area (Å²) in [4.78, 5) is 55.7. The minimum absolute atomic E-state index is 0.0331. The van der Waals surface area contributed by atoms with E-state index in [1.54, 1.807) is 30.3 Å². The van der Waals surface area contributed by atoms with E-state index in [1.807, 2.05) is 30.3 Å². The fraction of sp³-hybridized carbons (Fsp3) is 0.441. The van der Waals surface area contributed by atoms with Crippen molar-refractivity contribution in [2.75, 3.05) is 20.3 Å². The van der Waals surface area contributed by atoms with Gasteiger partial charge < -0.3 is 36.9 Å². The molecule has 12 nitrogen and oxygen atoms in total. The Balaban J connectivity index is 2.13. The smallest absolute Gasteiger partial charge is 0.328 e. The van der Waals surface area contributed by atoms with Crippen LogP contribution < -0.4 is 32.2 Å². The Morgan fingerprint density at radius 2 is 1.46 bits per heavy atom. The van der Waals surface area contributed by atoms with Crippen molar-refractivity contribution in [1.29, 1.82) is 0 Å². The molecule has 0 aliphatic heterocycles. The molecule has 0 saturated carbocycles. The van der Waals surface area contributed by atoms with E-state index in [-0.39, 0.29) is 18.8 Å². The van der Waals surface area contributed by atoms with Gasteiger partial charge in [0.05, 0.1) is 7.11 Å². The van der Waals surface area contributed by atoms with Gasteiger partial charge in [-0.2, -0.15) is 0 Å². The van der Waals surface area contributed by atoms with Crippen molar-refractivity contribution in [2.24, 2.45) is 16.5 Å². The zero-order valence-corrected chi connectivity index (χ0v) is 26.8. The second-order valence-electron chi connectivity index (χ2n) is 10.9. The van der Waals surface area contributed by atoms with E-state index in [0.717, 1.165) is 18.4 Å². The number of nitrogens with one attached hydrogen (secondary N) is 3. The number of nitrogens with zero attached hydrogens (tertiary/aromatic N) is 1. The van der Waals surface area contributed by atoms with Gasteiger partial charge in [-0.1, -0.05) is 61.5 Å². The van der Waals surface area contributed by atoms with E-state index in [0.29, 0.717) is 44.6 Å². The van der Waals surface area contributed by atoms with E-state index in [1.165, 1.54) is 19.6 Å². The molecule has 0 bridgehead atoms. The molecule has 0 heterocycles. The first-order valence-corrected chi connectivity index (χ1v) is 15.5. The molecular formula is C34H48N6O6. The number of rotatable bonds is 21. The molecule has 3 amide bonds. The van der Waals surface area contributed by atoms with E-state index in [2.05, 4.69) is 27.5 Å². The number of guanidine groups is 1. The number of esters is 1. The molecule has 46 heavy (non-hydrogen) atoms. The van der Waals surface area contributed by atoms with E-state index in [4.69, 9.17) is 20.9 Å². The van der Waals surface area contributed by atoms with Crippen LogP contribution in [0.5, 0.6) is 5.75 Å². The van der Waals surface area contributed by atoms with Crippen LogP contribution in [0.3, 0.4) is 0 Å². The Kier molecular flexibility index (Phi) is 17.0. The maximum atomic E-state index is 13.6. The topological polar surface area (TPSA) is 187 Å².